The zero-order valence-corrected chi connectivity index (χ0v) is 30.7. The number of esters is 1. The highest BCUT2D eigenvalue weighted by molar-refractivity contribution is 6.31. The van der Waals surface area contributed by atoms with Crippen LogP contribution < -0.4 is 15.8 Å². The van der Waals surface area contributed by atoms with Crippen molar-refractivity contribution < 1.29 is 23.5 Å². The van der Waals surface area contributed by atoms with Crippen LogP contribution in [0.2, 0.25) is 5.02 Å². The van der Waals surface area contributed by atoms with Crippen LogP contribution in [0.4, 0.5) is 16.0 Å². The third-order valence-electron chi connectivity index (χ3n) is 9.12. The standard InChI is InChI=1S/C39H38ClFN8O4/c1-38(2,3)53-30(50)17-13-25-21-48(19-22-10-14-26(52-5)15-11-22)36(43-25)39(4)31-33(42)44-35(45-34(31)46-37(39)51)32-27-16-12-24(40)18-29(27)49(47-32)20-23-8-6-7-9-28(23)41/h6-12,14-16,18,21H,13,17,19-20H2,1-5H3,(H3,42,44,45,46,51). The minimum Gasteiger partial charge on any atom is -0.497 e. The number of ether oxygens (including phenoxy) is 2. The van der Waals surface area contributed by atoms with Gasteiger partial charge in [-0.3, -0.25) is 14.3 Å². The second kappa shape index (κ2) is 13.6. The first-order valence-electron chi connectivity index (χ1n) is 17.0. The number of carbonyl (C=O) groups is 2. The molecule has 0 fully saturated rings. The van der Waals surface area contributed by atoms with Crippen LogP contribution in [0.15, 0.2) is 72.9 Å². The van der Waals surface area contributed by atoms with E-state index < -0.39 is 16.9 Å². The van der Waals surface area contributed by atoms with Crippen molar-refractivity contribution in [1.82, 2.24) is 29.3 Å². The lowest BCUT2D eigenvalue weighted by Gasteiger charge is -2.23. The fourth-order valence-electron chi connectivity index (χ4n) is 6.61. The smallest absolute Gasteiger partial charge is 0.306 e. The fraction of sp³-hybridized carbons (Fsp3) is 0.282. The van der Waals surface area contributed by atoms with E-state index in [0.717, 1.165) is 5.56 Å². The topological polar surface area (TPSA) is 152 Å². The van der Waals surface area contributed by atoms with Gasteiger partial charge in [-0.25, -0.2) is 19.3 Å². The van der Waals surface area contributed by atoms with Crippen LogP contribution in [-0.2, 0) is 39.3 Å². The third-order valence-corrected chi connectivity index (χ3v) is 9.35. The van der Waals surface area contributed by atoms with Gasteiger partial charge in [0.25, 0.3) is 0 Å². The molecule has 0 saturated carbocycles. The Morgan fingerprint density at radius 3 is 2.51 bits per heavy atom. The molecule has 272 valence electrons. The molecule has 53 heavy (non-hydrogen) atoms. The van der Waals surface area contributed by atoms with Crippen molar-refractivity contribution in [2.24, 2.45) is 0 Å². The van der Waals surface area contributed by atoms with E-state index in [1.807, 2.05) is 55.8 Å². The summed E-state index contributed by atoms with van der Waals surface area (Å²) in [6.07, 6.45) is 2.23. The predicted molar refractivity (Wildman–Crippen MR) is 199 cm³/mol. The minimum absolute atomic E-state index is 0.0610. The number of imidazole rings is 1. The molecule has 0 radical (unpaired) electrons. The molecule has 7 rings (SSSR count). The molecule has 1 atom stereocenters. The molecule has 0 saturated heterocycles. The van der Waals surface area contributed by atoms with Gasteiger partial charge >= 0.3 is 5.97 Å². The van der Waals surface area contributed by atoms with Gasteiger partial charge in [-0.05, 0) is 69.7 Å². The van der Waals surface area contributed by atoms with Crippen LogP contribution >= 0.6 is 11.6 Å². The molecular weight excluding hydrogens is 699 g/mol. The molecule has 3 N–H and O–H groups in total. The Balaban J connectivity index is 1.29. The summed E-state index contributed by atoms with van der Waals surface area (Å²) in [7, 11) is 1.60. The van der Waals surface area contributed by atoms with E-state index in [4.69, 9.17) is 46.9 Å². The van der Waals surface area contributed by atoms with Crippen molar-refractivity contribution in [3.05, 3.63) is 112 Å². The highest BCUT2D eigenvalue weighted by Crippen LogP contribution is 2.45. The molecule has 0 bridgehead atoms. The van der Waals surface area contributed by atoms with Crippen molar-refractivity contribution >= 4 is 46.0 Å². The number of halogens is 2. The number of carbonyl (C=O) groups excluding carboxylic acids is 2. The number of nitrogens with zero attached hydrogens (tertiary/aromatic N) is 6. The lowest BCUT2D eigenvalue weighted by Crippen LogP contribution is -2.36. The van der Waals surface area contributed by atoms with Crippen molar-refractivity contribution in [2.45, 2.75) is 64.6 Å². The summed E-state index contributed by atoms with van der Waals surface area (Å²) in [5.74, 6) is 0.459. The van der Waals surface area contributed by atoms with Crippen LogP contribution in [0, 0.1) is 5.82 Å². The molecular formula is C39H38ClFN8O4. The lowest BCUT2D eigenvalue weighted by atomic mass is 9.83. The predicted octanol–water partition coefficient (Wildman–Crippen LogP) is 6.70. The monoisotopic (exact) mass is 736 g/mol. The van der Waals surface area contributed by atoms with Gasteiger partial charge in [0.2, 0.25) is 5.91 Å². The van der Waals surface area contributed by atoms with Crippen LogP contribution in [-0.4, -0.2) is 53.9 Å². The molecule has 1 amide bonds. The number of aryl methyl sites for hydroxylation is 1. The highest BCUT2D eigenvalue weighted by atomic mass is 35.5. The maximum atomic E-state index is 14.7. The second-order valence-corrected chi connectivity index (χ2v) is 14.5. The maximum Gasteiger partial charge on any atom is 0.306 e. The van der Waals surface area contributed by atoms with Gasteiger partial charge in [0.15, 0.2) is 5.82 Å². The molecule has 0 spiro atoms. The number of rotatable bonds is 10. The van der Waals surface area contributed by atoms with Crippen molar-refractivity contribution in [3.8, 4) is 17.3 Å². The molecule has 1 aliphatic rings. The summed E-state index contributed by atoms with van der Waals surface area (Å²) in [5.41, 5.74) is 8.08. The summed E-state index contributed by atoms with van der Waals surface area (Å²) in [6.45, 7) is 7.68. The van der Waals surface area contributed by atoms with Gasteiger partial charge in [-0.1, -0.05) is 41.9 Å². The molecule has 14 heteroatoms. The second-order valence-electron chi connectivity index (χ2n) is 14.1. The summed E-state index contributed by atoms with van der Waals surface area (Å²) in [6, 6.07) is 19.3. The number of nitrogens with one attached hydrogen (secondary N) is 1. The largest absolute Gasteiger partial charge is 0.497 e. The quantitative estimate of drug-likeness (QED) is 0.146. The first-order chi connectivity index (χ1) is 25.2. The SMILES string of the molecule is COc1ccc(Cn2cc(CCC(=O)OC(C)(C)C)nc2C2(C)C(=O)Nc3nc(-c4nn(Cc5ccccc5F)c5cc(Cl)ccc45)nc(N)c32)cc1. The molecule has 0 aliphatic carbocycles. The molecule has 6 aromatic rings. The van der Waals surface area contributed by atoms with Gasteiger partial charge in [-0.2, -0.15) is 5.10 Å². The number of hydrogen-bond donors (Lipinski definition) is 2. The Kier molecular flexibility index (Phi) is 9.15. The molecule has 1 unspecified atom stereocenters. The Morgan fingerprint density at radius 2 is 1.79 bits per heavy atom. The Labute approximate surface area is 310 Å². The average Bonchev–Trinajstić information content (AvgIpc) is 3.76. The zero-order chi connectivity index (χ0) is 37.7. The van der Waals surface area contributed by atoms with Crippen molar-refractivity contribution in [1.29, 1.82) is 0 Å². The highest BCUT2D eigenvalue weighted by Gasteiger charge is 2.51. The number of amides is 1. The van der Waals surface area contributed by atoms with E-state index >= 15 is 0 Å². The fourth-order valence-corrected chi connectivity index (χ4v) is 6.77. The summed E-state index contributed by atoms with van der Waals surface area (Å²) >= 11 is 6.38. The van der Waals surface area contributed by atoms with E-state index in [0.29, 0.717) is 63.0 Å². The van der Waals surface area contributed by atoms with E-state index in [2.05, 4.69) is 5.32 Å². The number of hydrogen-bond acceptors (Lipinski definition) is 9. The summed E-state index contributed by atoms with van der Waals surface area (Å²) < 4.78 is 29.0. The number of fused-ring (bicyclic) bond motifs is 2. The summed E-state index contributed by atoms with van der Waals surface area (Å²) in [5, 5.41) is 8.85. The Bertz CT molecular complexity index is 2380. The van der Waals surface area contributed by atoms with Crippen LogP contribution in [0.25, 0.3) is 22.4 Å². The normalized spacial score (nSPS) is 15.4. The van der Waals surface area contributed by atoms with Crippen LogP contribution in [0.1, 0.15) is 62.3 Å². The van der Waals surface area contributed by atoms with Crippen molar-refractivity contribution in [2.75, 3.05) is 18.2 Å². The number of methoxy groups -OCH3 is 1. The van der Waals surface area contributed by atoms with Gasteiger partial charge in [0.1, 0.15) is 45.7 Å². The molecule has 3 aromatic heterocycles. The zero-order valence-electron chi connectivity index (χ0n) is 29.9. The van der Waals surface area contributed by atoms with E-state index in [1.54, 1.807) is 55.1 Å². The molecule has 12 nitrogen and oxygen atoms in total. The Hall–Kier alpha value is -5.82. The first kappa shape index (κ1) is 35.6. The number of aromatic nitrogens is 6. The number of nitrogens with two attached hydrogens (primary N) is 1. The van der Waals surface area contributed by atoms with E-state index in [-0.39, 0.29) is 42.2 Å². The van der Waals surface area contributed by atoms with Crippen LogP contribution in [0.3, 0.4) is 0 Å². The minimum atomic E-state index is -1.41. The summed E-state index contributed by atoms with van der Waals surface area (Å²) in [4.78, 5) is 41.1. The first-order valence-corrected chi connectivity index (χ1v) is 17.4. The number of anilines is 2. The van der Waals surface area contributed by atoms with Crippen molar-refractivity contribution in [3.63, 3.8) is 0 Å². The van der Waals surface area contributed by atoms with E-state index in [9.17, 15) is 14.0 Å². The van der Waals surface area contributed by atoms with Gasteiger partial charge < -0.3 is 25.1 Å². The lowest BCUT2D eigenvalue weighted by molar-refractivity contribution is -0.154. The van der Waals surface area contributed by atoms with E-state index in [1.165, 1.54) is 6.07 Å². The third kappa shape index (κ3) is 6.91. The average molecular weight is 737 g/mol. The maximum absolute atomic E-state index is 14.7. The van der Waals surface area contributed by atoms with Crippen LogP contribution in [0.5, 0.6) is 5.75 Å². The molecule has 4 heterocycles. The molecule has 3 aromatic carbocycles. The van der Waals surface area contributed by atoms with Gasteiger partial charge in [-0.15, -0.1) is 0 Å². The number of benzene rings is 3. The Morgan fingerprint density at radius 1 is 1.04 bits per heavy atom. The number of nitrogen functional groups attached to an aromatic ring is 1. The van der Waals surface area contributed by atoms with Gasteiger partial charge in [0.05, 0.1) is 36.8 Å². The van der Waals surface area contributed by atoms with Gasteiger partial charge in [0, 0.05) is 35.1 Å². The molecule has 1 aliphatic heterocycles.